The van der Waals surface area contributed by atoms with Gasteiger partial charge in [-0.15, -0.1) is 11.3 Å². The Morgan fingerprint density at radius 3 is 2.26 bits per heavy atom. The summed E-state index contributed by atoms with van der Waals surface area (Å²) in [6, 6.07) is 13.2. The highest BCUT2D eigenvalue weighted by molar-refractivity contribution is 7.17. The summed E-state index contributed by atoms with van der Waals surface area (Å²) in [6.45, 7) is 8.02. The lowest BCUT2D eigenvalue weighted by Crippen LogP contribution is -2.50. The van der Waals surface area contributed by atoms with Gasteiger partial charge < -0.3 is 9.80 Å². The molecule has 0 atom stereocenters. The van der Waals surface area contributed by atoms with E-state index in [0.717, 1.165) is 21.8 Å². The van der Waals surface area contributed by atoms with Crippen LogP contribution in [-0.4, -0.2) is 52.8 Å². The number of hydrogen-bond acceptors (Lipinski definition) is 4. The lowest BCUT2D eigenvalue weighted by molar-refractivity contribution is 0.0537. The fraction of sp³-hybridized carbons (Fsp3) is 0.292. The minimum Gasteiger partial charge on any atom is -0.335 e. The van der Waals surface area contributed by atoms with Gasteiger partial charge in [-0.05, 0) is 44.5 Å². The van der Waals surface area contributed by atoms with Gasteiger partial charge in [-0.3, -0.25) is 9.59 Å². The van der Waals surface area contributed by atoms with Crippen molar-refractivity contribution in [2.75, 3.05) is 26.2 Å². The van der Waals surface area contributed by atoms with Crippen molar-refractivity contribution >= 4 is 34.8 Å². The van der Waals surface area contributed by atoms with E-state index in [0.29, 0.717) is 41.6 Å². The largest absolute Gasteiger partial charge is 0.335 e. The maximum atomic E-state index is 13.2. The smallest absolute Gasteiger partial charge is 0.265 e. The summed E-state index contributed by atoms with van der Waals surface area (Å²) in [4.78, 5) is 34.8. The summed E-state index contributed by atoms with van der Waals surface area (Å²) in [5.41, 5.74) is 4.75. The average molecular weight is 454 g/mol. The van der Waals surface area contributed by atoms with Crippen LogP contribution in [0.15, 0.2) is 42.5 Å². The van der Waals surface area contributed by atoms with Crippen LogP contribution >= 0.6 is 22.9 Å². The first kappa shape index (κ1) is 21.5. The molecular formula is C24H24ClN3O2S. The molecular weight excluding hydrogens is 430 g/mol. The molecule has 0 unspecified atom stereocenters. The predicted molar refractivity (Wildman–Crippen MR) is 125 cm³/mol. The molecule has 0 spiro atoms. The number of halogens is 1. The second kappa shape index (κ2) is 8.81. The molecule has 2 aromatic carbocycles. The molecule has 1 aliphatic heterocycles. The third kappa shape index (κ3) is 4.50. The molecule has 1 aromatic heterocycles. The molecule has 1 fully saturated rings. The van der Waals surface area contributed by atoms with Gasteiger partial charge in [-0.25, -0.2) is 4.98 Å². The van der Waals surface area contributed by atoms with Gasteiger partial charge in [0, 0.05) is 42.3 Å². The monoisotopic (exact) mass is 453 g/mol. The van der Waals surface area contributed by atoms with Crippen molar-refractivity contribution in [1.82, 2.24) is 14.8 Å². The molecule has 1 aliphatic rings. The molecule has 4 rings (SSSR count). The number of carbonyl (C=O) groups excluding carboxylic acids is 2. The van der Waals surface area contributed by atoms with Gasteiger partial charge in [-0.1, -0.05) is 41.4 Å². The first-order valence-corrected chi connectivity index (χ1v) is 11.4. The second-order valence-corrected chi connectivity index (χ2v) is 9.28. The number of aryl methyl sites for hydroxylation is 3. The van der Waals surface area contributed by atoms with Crippen molar-refractivity contribution in [2.45, 2.75) is 20.8 Å². The minimum absolute atomic E-state index is 0.0131. The second-order valence-electron chi connectivity index (χ2n) is 7.85. The SMILES string of the molecule is Cc1ccc(-c2nc(C)c(C(=O)N3CCN(C(=O)c4cccc(Cl)c4)CC3)s2)c(C)c1. The van der Waals surface area contributed by atoms with Gasteiger partial charge in [-0.2, -0.15) is 0 Å². The van der Waals surface area contributed by atoms with Gasteiger partial charge in [0.05, 0.1) is 5.69 Å². The number of hydrogen-bond donors (Lipinski definition) is 0. The number of amides is 2. The molecule has 0 aliphatic carbocycles. The molecule has 0 saturated carbocycles. The Morgan fingerprint density at radius 1 is 0.935 bits per heavy atom. The lowest BCUT2D eigenvalue weighted by atomic mass is 10.1. The van der Waals surface area contributed by atoms with Crippen LogP contribution in [0.25, 0.3) is 10.6 Å². The van der Waals surface area contributed by atoms with E-state index in [-0.39, 0.29) is 11.8 Å². The molecule has 3 aromatic rings. The molecule has 0 radical (unpaired) electrons. The minimum atomic E-state index is -0.0549. The Hall–Kier alpha value is -2.70. The first-order chi connectivity index (χ1) is 14.8. The van der Waals surface area contributed by atoms with E-state index in [1.165, 1.54) is 16.9 Å². The van der Waals surface area contributed by atoms with Crippen molar-refractivity contribution in [2.24, 2.45) is 0 Å². The highest BCUT2D eigenvalue weighted by Gasteiger charge is 2.28. The van der Waals surface area contributed by atoms with Crippen molar-refractivity contribution in [3.05, 3.63) is 74.7 Å². The maximum absolute atomic E-state index is 13.2. The lowest BCUT2D eigenvalue weighted by Gasteiger charge is -2.34. The fourth-order valence-electron chi connectivity index (χ4n) is 3.82. The third-order valence-electron chi connectivity index (χ3n) is 5.53. The van der Waals surface area contributed by atoms with Crippen molar-refractivity contribution in [1.29, 1.82) is 0 Å². The van der Waals surface area contributed by atoms with E-state index in [2.05, 4.69) is 37.0 Å². The Balaban J connectivity index is 1.45. The van der Waals surface area contributed by atoms with Crippen LogP contribution in [0, 0.1) is 20.8 Å². The number of nitrogens with zero attached hydrogens (tertiary/aromatic N) is 3. The first-order valence-electron chi connectivity index (χ1n) is 10.2. The number of aromatic nitrogens is 1. The quantitative estimate of drug-likeness (QED) is 0.561. The summed E-state index contributed by atoms with van der Waals surface area (Å²) in [7, 11) is 0. The Bertz CT molecular complexity index is 1150. The van der Waals surface area contributed by atoms with E-state index < -0.39 is 0 Å². The van der Waals surface area contributed by atoms with Crippen LogP contribution < -0.4 is 0 Å². The molecule has 5 nitrogen and oxygen atoms in total. The van der Waals surface area contributed by atoms with E-state index in [1.807, 2.05) is 11.8 Å². The molecule has 0 N–H and O–H groups in total. The van der Waals surface area contributed by atoms with Gasteiger partial charge in [0.15, 0.2) is 0 Å². The van der Waals surface area contributed by atoms with E-state index >= 15 is 0 Å². The van der Waals surface area contributed by atoms with Crippen molar-refractivity contribution in [3.8, 4) is 10.6 Å². The average Bonchev–Trinajstić information content (AvgIpc) is 3.14. The van der Waals surface area contributed by atoms with Crippen LogP contribution in [0.5, 0.6) is 0 Å². The van der Waals surface area contributed by atoms with Gasteiger partial charge >= 0.3 is 0 Å². The highest BCUT2D eigenvalue weighted by atomic mass is 35.5. The van der Waals surface area contributed by atoms with Crippen LogP contribution in [0.1, 0.15) is 36.9 Å². The topological polar surface area (TPSA) is 53.5 Å². The molecule has 2 heterocycles. The number of carbonyl (C=O) groups is 2. The van der Waals surface area contributed by atoms with Crippen LogP contribution in [-0.2, 0) is 0 Å². The van der Waals surface area contributed by atoms with E-state index in [9.17, 15) is 9.59 Å². The van der Waals surface area contributed by atoms with Crippen LogP contribution in [0.3, 0.4) is 0 Å². The summed E-state index contributed by atoms with van der Waals surface area (Å²) in [6.07, 6.45) is 0. The fourth-order valence-corrected chi connectivity index (χ4v) is 5.14. The molecule has 7 heteroatoms. The summed E-state index contributed by atoms with van der Waals surface area (Å²) < 4.78 is 0. The third-order valence-corrected chi connectivity index (χ3v) is 6.94. The number of piperazine rings is 1. The summed E-state index contributed by atoms with van der Waals surface area (Å²) in [5, 5.41) is 1.41. The summed E-state index contributed by atoms with van der Waals surface area (Å²) >= 11 is 7.45. The number of thiazole rings is 1. The number of rotatable bonds is 3. The highest BCUT2D eigenvalue weighted by Crippen LogP contribution is 2.31. The van der Waals surface area contributed by atoms with Gasteiger partial charge in [0.1, 0.15) is 9.88 Å². The zero-order valence-corrected chi connectivity index (χ0v) is 19.4. The van der Waals surface area contributed by atoms with E-state index in [1.54, 1.807) is 29.2 Å². The Labute approximate surface area is 191 Å². The van der Waals surface area contributed by atoms with Gasteiger partial charge in [0.25, 0.3) is 11.8 Å². The van der Waals surface area contributed by atoms with Crippen LogP contribution in [0.4, 0.5) is 0 Å². The standard InChI is InChI=1S/C24H24ClN3O2S/c1-15-7-8-20(16(2)13-15)22-26-17(3)21(31-22)24(30)28-11-9-27(10-12-28)23(29)18-5-4-6-19(25)14-18/h4-8,13-14H,9-12H2,1-3H3. The molecule has 0 bridgehead atoms. The Morgan fingerprint density at radius 2 is 1.61 bits per heavy atom. The van der Waals surface area contributed by atoms with Crippen molar-refractivity contribution < 1.29 is 9.59 Å². The summed E-state index contributed by atoms with van der Waals surface area (Å²) in [5.74, 6) is -0.0680. The normalized spacial score (nSPS) is 14.1. The number of benzene rings is 2. The van der Waals surface area contributed by atoms with E-state index in [4.69, 9.17) is 11.6 Å². The zero-order valence-electron chi connectivity index (χ0n) is 17.8. The predicted octanol–water partition coefficient (Wildman–Crippen LogP) is 4.99. The molecule has 160 valence electrons. The van der Waals surface area contributed by atoms with Gasteiger partial charge in [0.2, 0.25) is 0 Å². The maximum Gasteiger partial charge on any atom is 0.265 e. The zero-order chi connectivity index (χ0) is 22.1. The molecule has 2 amide bonds. The molecule has 1 saturated heterocycles. The Kier molecular flexibility index (Phi) is 6.12. The van der Waals surface area contributed by atoms with Crippen molar-refractivity contribution in [3.63, 3.8) is 0 Å². The molecule has 31 heavy (non-hydrogen) atoms. The van der Waals surface area contributed by atoms with Crippen LogP contribution in [0.2, 0.25) is 5.02 Å².